The number of hydrogen-bond donors (Lipinski definition) is 1. The zero-order valence-corrected chi connectivity index (χ0v) is 10.9. The van der Waals surface area contributed by atoms with Crippen molar-refractivity contribution in [1.82, 2.24) is 0 Å². The second kappa shape index (κ2) is 4.93. The summed E-state index contributed by atoms with van der Waals surface area (Å²) >= 11 is 5.79. The zero-order chi connectivity index (χ0) is 12.3. The molecule has 0 bridgehead atoms. The first-order chi connectivity index (χ1) is 7.36. The van der Waals surface area contributed by atoms with E-state index >= 15 is 0 Å². The normalized spacial score (nSPS) is 11.6. The van der Waals surface area contributed by atoms with Gasteiger partial charge in [0.25, 0.3) is 0 Å². The minimum absolute atomic E-state index is 0.351. The molecule has 0 atom stereocenters. The van der Waals surface area contributed by atoms with E-state index in [0.29, 0.717) is 16.5 Å². The molecule has 0 amide bonds. The second-order valence-electron chi connectivity index (χ2n) is 3.54. The fourth-order valence-electron chi connectivity index (χ4n) is 1.03. The van der Waals surface area contributed by atoms with Crippen molar-refractivity contribution in [3.63, 3.8) is 0 Å². The van der Waals surface area contributed by atoms with Gasteiger partial charge in [0.1, 0.15) is 5.75 Å². The number of ether oxygens (including phenoxy) is 1. The Morgan fingerprint density at radius 3 is 2.50 bits per heavy atom. The lowest BCUT2D eigenvalue weighted by molar-refractivity contribution is 0.417. The van der Waals surface area contributed by atoms with Crippen LogP contribution in [-0.4, -0.2) is 20.8 Å². The van der Waals surface area contributed by atoms with Crippen molar-refractivity contribution in [2.45, 2.75) is 19.1 Å². The van der Waals surface area contributed by atoms with Crippen molar-refractivity contribution in [2.75, 3.05) is 11.8 Å². The molecular formula is C10H14ClNO3S. The molecule has 0 spiro atoms. The van der Waals surface area contributed by atoms with Gasteiger partial charge in [-0.2, -0.15) is 0 Å². The highest BCUT2D eigenvalue weighted by molar-refractivity contribution is 7.93. The highest BCUT2D eigenvalue weighted by atomic mass is 35.5. The Hall–Kier alpha value is -0.940. The van der Waals surface area contributed by atoms with E-state index in [2.05, 4.69) is 4.72 Å². The van der Waals surface area contributed by atoms with Gasteiger partial charge in [-0.15, -0.1) is 0 Å². The number of methoxy groups -OCH3 is 1. The first-order valence-corrected chi connectivity index (χ1v) is 6.64. The number of nitrogens with one attached hydrogen (secondary N) is 1. The third kappa shape index (κ3) is 3.02. The molecule has 1 N–H and O–H groups in total. The van der Waals surface area contributed by atoms with Crippen molar-refractivity contribution in [3.05, 3.63) is 23.2 Å². The molecule has 0 heterocycles. The summed E-state index contributed by atoms with van der Waals surface area (Å²) in [5.41, 5.74) is 0.351. The molecular weight excluding hydrogens is 250 g/mol. The van der Waals surface area contributed by atoms with Crippen LogP contribution in [0, 0.1) is 0 Å². The smallest absolute Gasteiger partial charge is 0.235 e. The molecule has 0 radical (unpaired) electrons. The van der Waals surface area contributed by atoms with E-state index < -0.39 is 15.3 Å². The first-order valence-electron chi connectivity index (χ1n) is 4.72. The van der Waals surface area contributed by atoms with Crippen LogP contribution in [-0.2, 0) is 10.0 Å². The van der Waals surface area contributed by atoms with Crippen molar-refractivity contribution < 1.29 is 13.2 Å². The van der Waals surface area contributed by atoms with E-state index in [0.717, 1.165) is 0 Å². The fraction of sp³-hybridized carbons (Fsp3) is 0.400. The predicted octanol–water partition coefficient (Wildman–Crippen LogP) is 2.50. The Morgan fingerprint density at radius 2 is 2.00 bits per heavy atom. The number of rotatable bonds is 4. The van der Waals surface area contributed by atoms with Crippen LogP contribution in [0.1, 0.15) is 13.8 Å². The average Bonchev–Trinajstić information content (AvgIpc) is 2.17. The molecule has 1 rings (SSSR count). The average molecular weight is 264 g/mol. The number of benzene rings is 1. The molecule has 0 saturated carbocycles. The fourth-order valence-corrected chi connectivity index (χ4v) is 1.90. The minimum atomic E-state index is -3.39. The Kier molecular flexibility index (Phi) is 4.04. The first kappa shape index (κ1) is 13.1. The van der Waals surface area contributed by atoms with Gasteiger partial charge in [-0.1, -0.05) is 11.6 Å². The standard InChI is InChI=1S/C10H14ClNO3S/c1-7(2)16(13,14)12-9-6-8(11)4-5-10(9)15-3/h4-7,12H,1-3H3. The molecule has 0 aliphatic carbocycles. The molecule has 90 valence electrons. The summed E-state index contributed by atoms with van der Waals surface area (Å²) in [6.07, 6.45) is 0. The van der Waals surface area contributed by atoms with Crippen molar-refractivity contribution in [1.29, 1.82) is 0 Å². The van der Waals surface area contributed by atoms with Gasteiger partial charge in [0, 0.05) is 5.02 Å². The number of hydrogen-bond acceptors (Lipinski definition) is 3. The molecule has 6 heteroatoms. The molecule has 1 aromatic carbocycles. The quantitative estimate of drug-likeness (QED) is 0.908. The Bertz CT molecular complexity index is 471. The van der Waals surface area contributed by atoms with E-state index in [1.54, 1.807) is 26.0 Å². The lowest BCUT2D eigenvalue weighted by atomic mass is 10.3. The summed E-state index contributed by atoms with van der Waals surface area (Å²) < 4.78 is 30.8. The van der Waals surface area contributed by atoms with Crippen LogP contribution in [0.15, 0.2) is 18.2 Å². The predicted molar refractivity (Wildman–Crippen MR) is 65.7 cm³/mol. The van der Waals surface area contributed by atoms with Gasteiger partial charge in [0.15, 0.2) is 0 Å². The molecule has 0 aliphatic rings. The van der Waals surface area contributed by atoms with Crippen molar-refractivity contribution in [3.8, 4) is 5.75 Å². The third-order valence-electron chi connectivity index (χ3n) is 2.03. The van der Waals surface area contributed by atoms with Gasteiger partial charge in [-0.3, -0.25) is 4.72 Å². The highest BCUT2D eigenvalue weighted by Crippen LogP contribution is 2.28. The Balaban J connectivity index is 3.10. The van der Waals surface area contributed by atoms with Crippen LogP contribution < -0.4 is 9.46 Å². The van der Waals surface area contributed by atoms with Crippen molar-refractivity contribution >= 4 is 27.3 Å². The van der Waals surface area contributed by atoms with E-state index in [9.17, 15) is 8.42 Å². The molecule has 0 saturated heterocycles. The van der Waals surface area contributed by atoms with E-state index in [1.165, 1.54) is 13.2 Å². The maximum Gasteiger partial charge on any atom is 0.235 e. The molecule has 4 nitrogen and oxygen atoms in total. The number of anilines is 1. The van der Waals surface area contributed by atoms with Crippen LogP contribution in [0.5, 0.6) is 5.75 Å². The summed E-state index contributed by atoms with van der Waals surface area (Å²) in [4.78, 5) is 0. The third-order valence-corrected chi connectivity index (χ3v) is 4.02. The lowest BCUT2D eigenvalue weighted by Gasteiger charge is -2.13. The zero-order valence-electron chi connectivity index (χ0n) is 9.32. The largest absolute Gasteiger partial charge is 0.495 e. The van der Waals surface area contributed by atoms with Gasteiger partial charge < -0.3 is 4.74 Å². The summed E-state index contributed by atoms with van der Waals surface area (Å²) in [6, 6.07) is 4.76. The Morgan fingerprint density at radius 1 is 1.38 bits per heavy atom. The van der Waals surface area contributed by atoms with E-state index in [4.69, 9.17) is 16.3 Å². The van der Waals surface area contributed by atoms with Gasteiger partial charge >= 0.3 is 0 Å². The van der Waals surface area contributed by atoms with E-state index in [1.807, 2.05) is 0 Å². The van der Waals surface area contributed by atoms with Gasteiger partial charge in [0.2, 0.25) is 10.0 Å². The van der Waals surface area contributed by atoms with Crippen LogP contribution >= 0.6 is 11.6 Å². The minimum Gasteiger partial charge on any atom is -0.495 e. The van der Waals surface area contributed by atoms with Gasteiger partial charge in [-0.05, 0) is 32.0 Å². The summed E-state index contributed by atoms with van der Waals surface area (Å²) in [6.45, 7) is 3.19. The topological polar surface area (TPSA) is 55.4 Å². The van der Waals surface area contributed by atoms with Crippen LogP contribution in [0.2, 0.25) is 5.02 Å². The number of sulfonamides is 1. The van der Waals surface area contributed by atoms with E-state index in [-0.39, 0.29) is 0 Å². The van der Waals surface area contributed by atoms with Crippen LogP contribution in [0.4, 0.5) is 5.69 Å². The van der Waals surface area contributed by atoms with Crippen molar-refractivity contribution in [2.24, 2.45) is 0 Å². The highest BCUT2D eigenvalue weighted by Gasteiger charge is 2.17. The SMILES string of the molecule is COc1ccc(Cl)cc1NS(=O)(=O)C(C)C. The summed E-state index contributed by atoms with van der Waals surface area (Å²) in [5, 5.41) is -0.0709. The summed E-state index contributed by atoms with van der Waals surface area (Å²) in [7, 11) is -1.92. The van der Waals surface area contributed by atoms with Crippen LogP contribution in [0.3, 0.4) is 0 Å². The lowest BCUT2D eigenvalue weighted by Crippen LogP contribution is -2.22. The molecule has 16 heavy (non-hydrogen) atoms. The summed E-state index contributed by atoms with van der Waals surface area (Å²) in [5.74, 6) is 0.439. The number of halogens is 1. The molecule has 0 aromatic heterocycles. The van der Waals surface area contributed by atoms with Crippen LogP contribution in [0.25, 0.3) is 0 Å². The monoisotopic (exact) mass is 263 g/mol. The second-order valence-corrected chi connectivity index (χ2v) is 6.21. The Labute approximate surface area is 101 Å². The maximum atomic E-state index is 11.7. The molecule has 0 unspecified atom stereocenters. The molecule has 0 fully saturated rings. The van der Waals surface area contributed by atoms with Gasteiger partial charge in [0.05, 0.1) is 18.0 Å². The maximum absolute atomic E-state index is 11.7. The molecule has 0 aliphatic heterocycles. The molecule has 1 aromatic rings. The van der Waals surface area contributed by atoms with Gasteiger partial charge in [-0.25, -0.2) is 8.42 Å².